The Morgan fingerprint density at radius 2 is 1.96 bits per heavy atom. The molecule has 0 spiro atoms. The lowest BCUT2D eigenvalue weighted by molar-refractivity contribution is 0.0938. The van der Waals surface area contributed by atoms with Crippen molar-refractivity contribution in [3.05, 3.63) is 64.8 Å². The minimum absolute atomic E-state index is 0.00396. The summed E-state index contributed by atoms with van der Waals surface area (Å²) < 4.78 is 38.9. The van der Waals surface area contributed by atoms with Crippen molar-refractivity contribution in [2.45, 2.75) is 17.4 Å². The number of hydrogen-bond acceptors (Lipinski definition) is 4. The van der Waals surface area contributed by atoms with Gasteiger partial charge in [0.25, 0.3) is 5.91 Å². The highest BCUT2D eigenvalue weighted by molar-refractivity contribution is 7.91. The molecule has 1 aromatic heterocycles. The molecule has 25 heavy (non-hydrogen) atoms. The van der Waals surface area contributed by atoms with E-state index in [1.165, 1.54) is 23.5 Å². The van der Waals surface area contributed by atoms with Gasteiger partial charge in [-0.3, -0.25) is 4.79 Å². The molecule has 2 heterocycles. The molecule has 4 nitrogen and oxygen atoms in total. The first kappa shape index (κ1) is 16.2. The topological polar surface area (TPSA) is 63.2 Å². The standard InChI is InChI=1S/C18H14FNO3S2/c19-13-5-3-6-15-12(13)10-16(24-15)18(21)20-14-8-9-25(22,23)17-7-2-1-4-11(14)17/h1-7,10,14H,8-9H2,(H,20,21). The summed E-state index contributed by atoms with van der Waals surface area (Å²) >= 11 is 1.22. The van der Waals surface area contributed by atoms with Gasteiger partial charge in [0.1, 0.15) is 5.82 Å². The summed E-state index contributed by atoms with van der Waals surface area (Å²) in [6.45, 7) is 0. The molecular weight excluding hydrogens is 361 g/mol. The van der Waals surface area contributed by atoms with Crippen molar-refractivity contribution in [2.75, 3.05) is 5.75 Å². The highest BCUT2D eigenvalue weighted by Crippen LogP contribution is 2.33. The summed E-state index contributed by atoms with van der Waals surface area (Å²) in [5.74, 6) is -0.683. The molecule has 1 atom stereocenters. The Hall–Kier alpha value is -2.25. The molecule has 128 valence electrons. The van der Waals surface area contributed by atoms with Crippen molar-refractivity contribution in [3.8, 4) is 0 Å². The van der Waals surface area contributed by atoms with Crippen molar-refractivity contribution in [1.29, 1.82) is 0 Å². The molecule has 1 aliphatic rings. The monoisotopic (exact) mass is 375 g/mol. The second-order valence-corrected chi connectivity index (χ2v) is 9.10. The quantitative estimate of drug-likeness (QED) is 0.743. The van der Waals surface area contributed by atoms with Crippen molar-refractivity contribution in [1.82, 2.24) is 5.32 Å². The van der Waals surface area contributed by atoms with Crippen LogP contribution in [-0.4, -0.2) is 20.1 Å². The number of nitrogens with one attached hydrogen (secondary N) is 1. The number of carbonyl (C=O) groups excluding carboxylic acids is 1. The van der Waals surface area contributed by atoms with Crippen LogP contribution in [0.3, 0.4) is 0 Å². The number of thiophene rings is 1. The number of hydrogen-bond donors (Lipinski definition) is 1. The molecule has 4 rings (SSSR count). The Kier molecular flexibility index (Phi) is 3.85. The summed E-state index contributed by atoms with van der Waals surface area (Å²) in [4.78, 5) is 13.3. The molecule has 0 saturated heterocycles. The van der Waals surface area contributed by atoms with Crippen molar-refractivity contribution >= 4 is 37.2 Å². The van der Waals surface area contributed by atoms with Gasteiger partial charge >= 0.3 is 0 Å². The third kappa shape index (κ3) is 2.83. The average molecular weight is 375 g/mol. The lowest BCUT2D eigenvalue weighted by atomic mass is 10.0. The number of carbonyl (C=O) groups is 1. The van der Waals surface area contributed by atoms with E-state index in [1.54, 1.807) is 36.4 Å². The second-order valence-electron chi connectivity index (χ2n) is 5.93. The predicted molar refractivity (Wildman–Crippen MR) is 95.1 cm³/mol. The van der Waals surface area contributed by atoms with Gasteiger partial charge in [-0.15, -0.1) is 11.3 Å². The lowest BCUT2D eigenvalue weighted by Crippen LogP contribution is -2.33. The molecule has 0 bridgehead atoms. The number of sulfone groups is 1. The van der Waals surface area contributed by atoms with Crippen molar-refractivity contribution < 1.29 is 17.6 Å². The minimum atomic E-state index is -3.30. The first-order valence-corrected chi connectivity index (χ1v) is 10.2. The average Bonchev–Trinajstić information content (AvgIpc) is 3.04. The summed E-state index contributed by atoms with van der Waals surface area (Å²) in [5, 5.41) is 3.31. The van der Waals surface area contributed by atoms with Gasteiger partial charge in [-0.1, -0.05) is 24.3 Å². The van der Waals surface area contributed by atoms with Crippen LogP contribution in [0.4, 0.5) is 4.39 Å². The van der Waals surface area contributed by atoms with Gasteiger partial charge in [0.15, 0.2) is 9.84 Å². The first-order valence-electron chi connectivity index (χ1n) is 7.76. The van der Waals surface area contributed by atoms with E-state index in [-0.39, 0.29) is 28.4 Å². The number of benzene rings is 2. The van der Waals surface area contributed by atoms with E-state index >= 15 is 0 Å². The molecule has 0 radical (unpaired) electrons. The van der Waals surface area contributed by atoms with E-state index in [4.69, 9.17) is 0 Å². The van der Waals surface area contributed by atoms with Gasteiger partial charge in [0.2, 0.25) is 0 Å². The number of amides is 1. The third-order valence-electron chi connectivity index (χ3n) is 4.34. The van der Waals surface area contributed by atoms with Crippen LogP contribution in [0.15, 0.2) is 53.4 Å². The van der Waals surface area contributed by atoms with Gasteiger partial charge in [0, 0.05) is 10.1 Å². The zero-order valence-electron chi connectivity index (χ0n) is 13.0. The molecule has 1 amide bonds. The minimum Gasteiger partial charge on any atom is -0.344 e. The van der Waals surface area contributed by atoms with E-state index in [1.807, 2.05) is 0 Å². The SMILES string of the molecule is O=C(NC1CCS(=O)(=O)c2ccccc21)c1cc2c(F)cccc2s1. The largest absolute Gasteiger partial charge is 0.344 e. The first-order chi connectivity index (χ1) is 12.0. The van der Waals surface area contributed by atoms with Crippen LogP contribution in [0.25, 0.3) is 10.1 Å². The summed E-state index contributed by atoms with van der Waals surface area (Å²) in [7, 11) is -3.30. The lowest BCUT2D eigenvalue weighted by Gasteiger charge is -2.26. The van der Waals surface area contributed by atoms with Crippen LogP contribution in [0.5, 0.6) is 0 Å². The number of halogens is 1. The molecule has 7 heteroatoms. The Morgan fingerprint density at radius 1 is 1.16 bits per heavy atom. The molecule has 1 N–H and O–H groups in total. The predicted octanol–water partition coefficient (Wildman–Crippen LogP) is 3.69. The van der Waals surface area contributed by atoms with E-state index in [0.717, 1.165) is 0 Å². The Morgan fingerprint density at radius 3 is 2.76 bits per heavy atom. The van der Waals surface area contributed by atoms with Crippen molar-refractivity contribution in [2.24, 2.45) is 0 Å². The molecule has 2 aromatic carbocycles. The van der Waals surface area contributed by atoms with Gasteiger partial charge in [-0.2, -0.15) is 0 Å². The van der Waals surface area contributed by atoms with Crippen LogP contribution in [0.1, 0.15) is 27.7 Å². The maximum absolute atomic E-state index is 13.8. The molecule has 1 unspecified atom stereocenters. The van der Waals surface area contributed by atoms with E-state index in [9.17, 15) is 17.6 Å². The highest BCUT2D eigenvalue weighted by Gasteiger charge is 2.31. The van der Waals surface area contributed by atoms with E-state index < -0.39 is 9.84 Å². The molecule has 0 fully saturated rings. The number of fused-ring (bicyclic) bond motifs is 2. The maximum atomic E-state index is 13.8. The van der Waals surface area contributed by atoms with Gasteiger partial charge in [0.05, 0.1) is 21.6 Å². The molecule has 1 aliphatic heterocycles. The van der Waals surface area contributed by atoms with Crippen LogP contribution in [-0.2, 0) is 9.84 Å². The van der Waals surface area contributed by atoms with Crippen LogP contribution in [0, 0.1) is 5.82 Å². The van der Waals surface area contributed by atoms with Gasteiger partial charge in [-0.05, 0) is 36.2 Å². The Labute approximate surface area is 148 Å². The van der Waals surface area contributed by atoms with Gasteiger partial charge < -0.3 is 5.32 Å². The summed E-state index contributed by atoms with van der Waals surface area (Å²) in [6, 6.07) is 12.6. The zero-order valence-corrected chi connectivity index (χ0v) is 14.7. The molecule has 3 aromatic rings. The van der Waals surface area contributed by atoms with Crippen LogP contribution in [0.2, 0.25) is 0 Å². The maximum Gasteiger partial charge on any atom is 0.261 e. The molecular formula is C18H14FNO3S2. The third-order valence-corrected chi connectivity index (χ3v) is 7.26. The normalized spacial score (nSPS) is 18.7. The Balaban J connectivity index is 1.66. The fourth-order valence-electron chi connectivity index (χ4n) is 3.11. The Bertz CT molecular complexity index is 1090. The van der Waals surface area contributed by atoms with Crippen molar-refractivity contribution in [3.63, 3.8) is 0 Å². The molecule has 0 aliphatic carbocycles. The fraction of sp³-hybridized carbons (Fsp3) is 0.167. The summed E-state index contributed by atoms with van der Waals surface area (Å²) in [6.07, 6.45) is 0.324. The number of rotatable bonds is 2. The smallest absolute Gasteiger partial charge is 0.261 e. The van der Waals surface area contributed by atoms with Gasteiger partial charge in [-0.25, -0.2) is 12.8 Å². The van der Waals surface area contributed by atoms with E-state index in [2.05, 4.69) is 5.32 Å². The second kappa shape index (κ2) is 5.93. The van der Waals surface area contributed by atoms with Crippen LogP contribution >= 0.6 is 11.3 Å². The van der Waals surface area contributed by atoms with Crippen LogP contribution < -0.4 is 5.32 Å². The zero-order chi connectivity index (χ0) is 17.6. The fourth-order valence-corrected chi connectivity index (χ4v) is 5.71. The summed E-state index contributed by atoms with van der Waals surface area (Å²) in [5.41, 5.74) is 0.606. The highest BCUT2D eigenvalue weighted by atomic mass is 32.2. The molecule has 0 saturated carbocycles. The van der Waals surface area contributed by atoms with E-state index in [0.29, 0.717) is 26.9 Å².